The number of fused-ring (bicyclic) bond motifs is 1. The Kier molecular flexibility index (Phi) is 10.1. The van der Waals surface area contributed by atoms with Crippen molar-refractivity contribution >= 4 is 45.9 Å². The van der Waals surface area contributed by atoms with E-state index in [9.17, 15) is 9.59 Å². The van der Waals surface area contributed by atoms with Crippen LogP contribution in [-0.2, 0) is 9.53 Å². The summed E-state index contributed by atoms with van der Waals surface area (Å²) in [5.74, 6) is 0.527. The Hall–Kier alpha value is -3.58. The van der Waals surface area contributed by atoms with Gasteiger partial charge in [0.1, 0.15) is 11.4 Å². The number of carbonyl (C=O) groups is 2. The Labute approximate surface area is 275 Å². The first-order chi connectivity index (χ1) is 21.4. The summed E-state index contributed by atoms with van der Waals surface area (Å²) in [5.41, 5.74) is 3.49. The fourth-order valence-corrected chi connectivity index (χ4v) is 6.67. The Morgan fingerprint density at radius 1 is 0.911 bits per heavy atom. The smallest absolute Gasteiger partial charge is 0.308 e. The van der Waals surface area contributed by atoms with Crippen LogP contribution in [0, 0.1) is 0 Å². The SMILES string of the molecule is COc1ccc2cc([C@H]3C[C@@H](c4cc(Cl)cc(Cl)c4)CN3C(C)c3ccc(C(=O)NCCC(=O)OC(C)(C)C)cc3)ccc2c1. The second-order valence-electron chi connectivity index (χ2n) is 12.7. The summed E-state index contributed by atoms with van der Waals surface area (Å²) in [6.45, 7) is 8.72. The largest absolute Gasteiger partial charge is 0.497 e. The van der Waals surface area contributed by atoms with Crippen molar-refractivity contribution in [1.82, 2.24) is 10.2 Å². The van der Waals surface area contributed by atoms with Crippen LogP contribution in [0.25, 0.3) is 10.8 Å². The van der Waals surface area contributed by atoms with Gasteiger partial charge in [0.25, 0.3) is 5.91 Å². The number of likely N-dealkylation sites (tertiary alicyclic amines) is 1. The maximum Gasteiger partial charge on any atom is 0.308 e. The Bertz CT molecular complexity index is 1660. The number of benzene rings is 4. The minimum atomic E-state index is -0.550. The van der Waals surface area contributed by atoms with E-state index >= 15 is 0 Å². The lowest BCUT2D eigenvalue weighted by molar-refractivity contribution is -0.154. The molecular weight excluding hydrogens is 607 g/mol. The van der Waals surface area contributed by atoms with Gasteiger partial charge in [-0.3, -0.25) is 14.5 Å². The van der Waals surface area contributed by atoms with Crippen LogP contribution in [0.4, 0.5) is 0 Å². The lowest BCUT2D eigenvalue weighted by Crippen LogP contribution is -2.29. The molecule has 0 saturated carbocycles. The first-order valence-corrected chi connectivity index (χ1v) is 16.1. The van der Waals surface area contributed by atoms with Crippen molar-refractivity contribution < 1.29 is 19.1 Å². The number of nitrogens with one attached hydrogen (secondary N) is 1. The van der Waals surface area contributed by atoms with Crippen molar-refractivity contribution in [3.63, 3.8) is 0 Å². The number of nitrogens with zero attached hydrogens (tertiary/aromatic N) is 1. The highest BCUT2D eigenvalue weighted by atomic mass is 35.5. The van der Waals surface area contributed by atoms with E-state index in [1.165, 1.54) is 5.56 Å². The minimum absolute atomic E-state index is 0.0745. The quantitative estimate of drug-likeness (QED) is 0.184. The summed E-state index contributed by atoms with van der Waals surface area (Å²) in [6.07, 6.45) is 1.04. The maximum absolute atomic E-state index is 12.8. The minimum Gasteiger partial charge on any atom is -0.497 e. The summed E-state index contributed by atoms with van der Waals surface area (Å²) in [5, 5.41) is 6.40. The third kappa shape index (κ3) is 8.18. The van der Waals surface area contributed by atoms with Crippen LogP contribution >= 0.6 is 23.2 Å². The summed E-state index contributed by atoms with van der Waals surface area (Å²) in [6, 6.07) is 26.6. The number of methoxy groups -OCH3 is 1. The van der Waals surface area contributed by atoms with Gasteiger partial charge in [0, 0.05) is 40.8 Å². The average molecular weight is 648 g/mol. The van der Waals surface area contributed by atoms with Crippen LogP contribution < -0.4 is 10.1 Å². The molecule has 236 valence electrons. The number of carbonyl (C=O) groups excluding carboxylic acids is 2. The van der Waals surface area contributed by atoms with E-state index in [1.54, 1.807) is 13.2 Å². The third-order valence-electron chi connectivity index (χ3n) is 8.34. The molecule has 1 amide bonds. The number of hydrogen-bond acceptors (Lipinski definition) is 5. The molecular formula is C37H40Cl2N2O4. The molecule has 1 unspecified atom stereocenters. The molecule has 0 spiro atoms. The van der Waals surface area contributed by atoms with Gasteiger partial charge in [-0.25, -0.2) is 0 Å². The predicted octanol–water partition coefficient (Wildman–Crippen LogP) is 8.91. The molecule has 1 fully saturated rings. The molecule has 5 rings (SSSR count). The highest BCUT2D eigenvalue weighted by molar-refractivity contribution is 6.34. The molecule has 6 nitrogen and oxygen atoms in total. The van der Waals surface area contributed by atoms with Gasteiger partial charge in [-0.2, -0.15) is 0 Å². The highest BCUT2D eigenvalue weighted by Gasteiger charge is 2.37. The second kappa shape index (κ2) is 13.8. The lowest BCUT2D eigenvalue weighted by atomic mass is 9.93. The molecule has 1 N–H and O–H groups in total. The second-order valence-corrected chi connectivity index (χ2v) is 13.6. The van der Waals surface area contributed by atoms with E-state index in [0.29, 0.717) is 15.6 Å². The molecule has 1 saturated heterocycles. The molecule has 1 aliphatic rings. The van der Waals surface area contributed by atoms with Gasteiger partial charge in [-0.15, -0.1) is 0 Å². The van der Waals surface area contributed by atoms with Gasteiger partial charge >= 0.3 is 5.97 Å². The predicted molar refractivity (Wildman–Crippen MR) is 181 cm³/mol. The standard InChI is InChI=1S/C37H40Cl2N2O4/c1-23(24-6-8-25(9-7-24)36(43)40-15-14-35(42)45-37(2,3)4)41-22-30(29-17-31(38)21-32(39)18-29)20-34(41)28-11-10-27-19-33(44-5)13-12-26(27)16-28/h6-13,16-19,21,23,30,34H,14-15,20,22H2,1-5H3,(H,40,43)/t23?,30-,34-/m1/s1. The maximum atomic E-state index is 12.8. The van der Waals surface area contributed by atoms with Gasteiger partial charge in [-0.1, -0.05) is 53.5 Å². The molecule has 45 heavy (non-hydrogen) atoms. The van der Waals surface area contributed by atoms with E-state index in [0.717, 1.165) is 40.6 Å². The normalized spacial score (nSPS) is 17.7. The average Bonchev–Trinajstić information content (AvgIpc) is 3.44. The molecule has 4 aromatic carbocycles. The first kappa shape index (κ1) is 32.8. The third-order valence-corrected chi connectivity index (χ3v) is 8.78. The van der Waals surface area contributed by atoms with Gasteiger partial charge in [0.2, 0.25) is 0 Å². The number of ether oxygens (including phenoxy) is 2. The number of rotatable bonds is 9. The molecule has 0 aliphatic carbocycles. The van der Waals surface area contributed by atoms with Crippen molar-refractivity contribution in [2.45, 2.75) is 64.1 Å². The Morgan fingerprint density at radius 3 is 2.24 bits per heavy atom. The Balaban J connectivity index is 1.35. The zero-order valence-electron chi connectivity index (χ0n) is 26.4. The van der Waals surface area contributed by atoms with Crippen molar-refractivity contribution in [2.75, 3.05) is 20.2 Å². The van der Waals surface area contributed by atoms with E-state index < -0.39 is 5.60 Å². The van der Waals surface area contributed by atoms with Gasteiger partial charge in [0.05, 0.1) is 13.5 Å². The molecule has 1 heterocycles. The van der Waals surface area contributed by atoms with Gasteiger partial charge < -0.3 is 14.8 Å². The summed E-state index contributed by atoms with van der Waals surface area (Å²) in [7, 11) is 1.68. The number of amides is 1. The summed E-state index contributed by atoms with van der Waals surface area (Å²) in [4.78, 5) is 27.3. The fourth-order valence-electron chi connectivity index (χ4n) is 6.12. The topological polar surface area (TPSA) is 67.9 Å². The molecule has 3 atom stereocenters. The summed E-state index contributed by atoms with van der Waals surface area (Å²) >= 11 is 12.8. The lowest BCUT2D eigenvalue weighted by Gasteiger charge is -2.31. The Morgan fingerprint density at radius 2 is 1.58 bits per heavy atom. The zero-order chi connectivity index (χ0) is 32.3. The number of halogens is 2. The number of esters is 1. The summed E-state index contributed by atoms with van der Waals surface area (Å²) < 4.78 is 10.7. The van der Waals surface area contributed by atoms with Crippen LogP contribution in [-0.4, -0.2) is 42.6 Å². The van der Waals surface area contributed by atoms with Crippen LogP contribution in [0.1, 0.15) is 85.6 Å². The molecule has 1 aliphatic heterocycles. The number of hydrogen-bond donors (Lipinski definition) is 1. The van der Waals surface area contributed by atoms with Crippen molar-refractivity contribution in [2.24, 2.45) is 0 Å². The molecule has 4 aromatic rings. The molecule has 0 aromatic heterocycles. The first-order valence-electron chi connectivity index (χ1n) is 15.3. The van der Waals surface area contributed by atoms with Crippen LogP contribution in [0.5, 0.6) is 5.75 Å². The van der Waals surface area contributed by atoms with Crippen molar-refractivity contribution in [3.8, 4) is 5.75 Å². The van der Waals surface area contributed by atoms with E-state index in [1.807, 2.05) is 63.2 Å². The zero-order valence-corrected chi connectivity index (χ0v) is 27.9. The van der Waals surface area contributed by atoms with Crippen molar-refractivity contribution in [1.29, 1.82) is 0 Å². The van der Waals surface area contributed by atoms with E-state index in [-0.39, 0.29) is 42.8 Å². The van der Waals surface area contributed by atoms with E-state index in [4.69, 9.17) is 32.7 Å². The van der Waals surface area contributed by atoms with E-state index in [2.05, 4.69) is 47.5 Å². The van der Waals surface area contributed by atoms with Crippen LogP contribution in [0.15, 0.2) is 78.9 Å². The molecule has 0 radical (unpaired) electrons. The van der Waals surface area contributed by atoms with Crippen LogP contribution in [0.3, 0.4) is 0 Å². The van der Waals surface area contributed by atoms with Crippen molar-refractivity contribution in [3.05, 3.63) is 111 Å². The van der Waals surface area contributed by atoms with Crippen LogP contribution in [0.2, 0.25) is 10.0 Å². The molecule has 0 bridgehead atoms. The fraction of sp³-hybridized carbons (Fsp3) is 0.351. The van der Waals surface area contributed by atoms with Gasteiger partial charge in [0.15, 0.2) is 0 Å². The monoisotopic (exact) mass is 646 g/mol. The highest BCUT2D eigenvalue weighted by Crippen LogP contribution is 2.46. The molecule has 8 heteroatoms. The van der Waals surface area contributed by atoms with Gasteiger partial charge in [-0.05, 0) is 116 Å².